The van der Waals surface area contributed by atoms with Crippen molar-refractivity contribution in [3.05, 3.63) is 28.8 Å². The van der Waals surface area contributed by atoms with Gasteiger partial charge in [0.05, 0.1) is 29.0 Å². The summed E-state index contributed by atoms with van der Waals surface area (Å²) in [6, 6.07) is 3.75. The minimum absolute atomic E-state index is 0.0560. The van der Waals surface area contributed by atoms with Crippen LogP contribution in [-0.2, 0) is 4.74 Å². The number of hydrogen-bond donors (Lipinski definition) is 2. The Labute approximate surface area is 128 Å². The van der Waals surface area contributed by atoms with E-state index < -0.39 is 5.97 Å². The second-order valence-electron chi connectivity index (χ2n) is 4.77. The lowest BCUT2D eigenvalue weighted by Crippen LogP contribution is -2.34. The highest BCUT2D eigenvalue weighted by Gasteiger charge is 2.13. The first-order valence-electron chi connectivity index (χ1n) is 6.47. The van der Waals surface area contributed by atoms with E-state index in [0.717, 1.165) is 0 Å². The molecular weight excluding hydrogens is 296 g/mol. The van der Waals surface area contributed by atoms with Gasteiger partial charge in [-0.15, -0.1) is 0 Å². The lowest BCUT2D eigenvalue weighted by Gasteiger charge is -2.19. The Morgan fingerprint density at radius 2 is 2.10 bits per heavy atom. The van der Waals surface area contributed by atoms with Gasteiger partial charge in [-0.3, -0.25) is 0 Å². The summed E-state index contributed by atoms with van der Waals surface area (Å²) in [5.41, 5.74) is 0.318. The van der Waals surface area contributed by atoms with Crippen molar-refractivity contribution in [1.29, 1.82) is 0 Å². The number of carbonyl (C=O) groups excluding carboxylic acids is 1. The third kappa shape index (κ3) is 5.61. The number of benzene rings is 1. The number of carboxylic acid groups (broad SMARTS) is 1. The fourth-order valence-electron chi connectivity index (χ4n) is 1.49. The molecule has 0 saturated heterocycles. The molecule has 0 aromatic heterocycles. The molecule has 1 aromatic rings. The van der Waals surface area contributed by atoms with Crippen molar-refractivity contribution in [2.75, 3.05) is 25.5 Å². The number of aromatic carboxylic acids is 1. The van der Waals surface area contributed by atoms with Crippen molar-refractivity contribution < 1.29 is 19.4 Å². The molecule has 0 radical (unpaired) electrons. The Hall–Kier alpha value is -1.79. The van der Waals surface area contributed by atoms with Crippen LogP contribution in [0.5, 0.6) is 0 Å². The Balaban J connectivity index is 2.65. The number of halogens is 1. The molecule has 0 atom stereocenters. The lowest BCUT2D eigenvalue weighted by molar-refractivity contribution is 0.0690. The van der Waals surface area contributed by atoms with Crippen LogP contribution in [0.1, 0.15) is 24.2 Å². The molecule has 0 aliphatic carbocycles. The molecule has 0 unspecified atom stereocenters. The van der Waals surface area contributed by atoms with Gasteiger partial charge in [0.25, 0.3) is 0 Å². The minimum atomic E-state index is -1.08. The molecule has 0 heterocycles. The molecular formula is C14H19ClN2O4. The second kappa shape index (κ2) is 7.85. The minimum Gasteiger partial charge on any atom is -0.478 e. The van der Waals surface area contributed by atoms with E-state index in [1.165, 1.54) is 23.1 Å². The number of amides is 2. The molecule has 0 fully saturated rings. The van der Waals surface area contributed by atoms with Crippen LogP contribution < -0.4 is 5.32 Å². The highest BCUT2D eigenvalue weighted by atomic mass is 35.5. The van der Waals surface area contributed by atoms with Crippen molar-refractivity contribution in [2.45, 2.75) is 20.0 Å². The molecule has 1 aromatic carbocycles. The average Bonchev–Trinajstić information content (AvgIpc) is 2.40. The second-order valence-corrected chi connectivity index (χ2v) is 5.18. The predicted octanol–water partition coefficient (Wildman–Crippen LogP) is 2.93. The third-order valence-electron chi connectivity index (χ3n) is 2.68. The van der Waals surface area contributed by atoms with Gasteiger partial charge in [0.15, 0.2) is 0 Å². The summed E-state index contributed by atoms with van der Waals surface area (Å²) >= 11 is 5.94. The molecule has 0 bridgehead atoms. The lowest BCUT2D eigenvalue weighted by atomic mass is 10.2. The summed E-state index contributed by atoms with van der Waals surface area (Å²) in [5, 5.41) is 11.8. The summed E-state index contributed by atoms with van der Waals surface area (Å²) in [5.74, 6) is -1.08. The van der Waals surface area contributed by atoms with Crippen LogP contribution in [0.25, 0.3) is 0 Å². The van der Waals surface area contributed by atoms with Crippen LogP contribution in [0.2, 0.25) is 5.02 Å². The fourth-order valence-corrected chi connectivity index (χ4v) is 1.66. The van der Waals surface area contributed by atoms with Gasteiger partial charge in [0.2, 0.25) is 0 Å². The highest BCUT2D eigenvalue weighted by Crippen LogP contribution is 2.23. The molecule has 0 saturated carbocycles. The van der Waals surface area contributed by atoms with Crippen LogP contribution in [0, 0.1) is 0 Å². The van der Waals surface area contributed by atoms with Crippen LogP contribution in [0.3, 0.4) is 0 Å². The number of ether oxygens (including phenoxy) is 1. The normalized spacial score (nSPS) is 10.5. The molecule has 7 heteroatoms. The van der Waals surface area contributed by atoms with Crippen LogP contribution in [0.15, 0.2) is 18.2 Å². The molecule has 6 nitrogen and oxygen atoms in total. The number of hydrogen-bond acceptors (Lipinski definition) is 3. The Morgan fingerprint density at radius 3 is 2.67 bits per heavy atom. The summed E-state index contributed by atoms with van der Waals surface area (Å²) in [7, 11) is 1.62. The summed E-state index contributed by atoms with van der Waals surface area (Å²) in [4.78, 5) is 24.3. The van der Waals surface area contributed by atoms with E-state index in [1.807, 2.05) is 13.8 Å². The SMILES string of the molecule is CC(C)OCCN(C)C(=O)Nc1cc(C(=O)O)ccc1Cl. The monoisotopic (exact) mass is 314 g/mol. The summed E-state index contributed by atoms with van der Waals surface area (Å²) < 4.78 is 5.36. The van der Waals surface area contributed by atoms with E-state index in [4.69, 9.17) is 21.4 Å². The maximum atomic E-state index is 12.0. The van der Waals surface area contributed by atoms with Crippen molar-refractivity contribution in [3.8, 4) is 0 Å². The first kappa shape index (κ1) is 17.3. The zero-order valence-electron chi connectivity index (χ0n) is 12.2. The fraction of sp³-hybridized carbons (Fsp3) is 0.429. The van der Waals surface area contributed by atoms with Gasteiger partial charge in [-0.1, -0.05) is 11.6 Å². The average molecular weight is 315 g/mol. The molecule has 1 rings (SSSR count). The van der Waals surface area contributed by atoms with E-state index in [9.17, 15) is 9.59 Å². The molecule has 21 heavy (non-hydrogen) atoms. The van der Waals surface area contributed by atoms with Crippen LogP contribution in [0.4, 0.5) is 10.5 Å². The van der Waals surface area contributed by atoms with Gasteiger partial charge in [-0.2, -0.15) is 0 Å². The maximum Gasteiger partial charge on any atom is 0.335 e. The zero-order valence-corrected chi connectivity index (χ0v) is 13.0. The number of anilines is 1. The number of carbonyl (C=O) groups is 2. The number of carboxylic acids is 1. The van der Waals surface area contributed by atoms with Gasteiger partial charge < -0.3 is 20.1 Å². The third-order valence-corrected chi connectivity index (χ3v) is 3.01. The van der Waals surface area contributed by atoms with Crippen LogP contribution >= 0.6 is 11.6 Å². The van der Waals surface area contributed by atoms with Gasteiger partial charge in [-0.25, -0.2) is 9.59 Å². The number of urea groups is 1. The molecule has 0 aliphatic heterocycles. The maximum absolute atomic E-state index is 12.0. The van der Waals surface area contributed by atoms with Gasteiger partial charge in [0, 0.05) is 13.6 Å². The summed E-state index contributed by atoms with van der Waals surface area (Å²) in [6.45, 7) is 4.67. The van der Waals surface area contributed by atoms with E-state index in [2.05, 4.69) is 5.32 Å². The highest BCUT2D eigenvalue weighted by molar-refractivity contribution is 6.33. The van der Waals surface area contributed by atoms with E-state index in [0.29, 0.717) is 13.2 Å². The van der Waals surface area contributed by atoms with E-state index in [1.54, 1.807) is 7.05 Å². The Bertz CT molecular complexity index is 520. The van der Waals surface area contributed by atoms with Crippen LogP contribution in [-0.4, -0.2) is 48.3 Å². The molecule has 0 spiro atoms. The van der Waals surface area contributed by atoms with Crippen molar-refractivity contribution in [3.63, 3.8) is 0 Å². The molecule has 2 amide bonds. The number of nitrogens with one attached hydrogen (secondary N) is 1. The summed E-state index contributed by atoms with van der Waals surface area (Å²) in [6.07, 6.45) is 0.100. The standard InChI is InChI=1S/C14H19ClN2O4/c1-9(2)21-7-6-17(3)14(20)16-12-8-10(13(18)19)4-5-11(12)15/h4-5,8-9H,6-7H2,1-3H3,(H,16,20)(H,18,19). The van der Waals surface area contributed by atoms with Gasteiger partial charge in [0.1, 0.15) is 0 Å². The van der Waals surface area contributed by atoms with E-state index >= 15 is 0 Å². The van der Waals surface area contributed by atoms with Crippen molar-refractivity contribution >= 4 is 29.3 Å². The Morgan fingerprint density at radius 1 is 1.43 bits per heavy atom. The molecule has 2 N–H and O–H groups in total. The number of nitrogens with zero attached hydrogens (tertiary/aromatic N) is 1. The largest absolute Gasteiger partial charge is 0.478 e. The predicted molar refractivity (Wildman–Crippen MR) is 81.1 cm³/mol. The molecule has 116 valence electrons. The Kier molecular flexibility index (Phi) is 6.45. The number of rotatable bonds is 6. The quantitative estimate of drug-likeness (QED) is 0.846. The number of likely N-dealkylation sites (N-methyl/N-ethyl adjacent to an activating group) is 1. The topological polar surface area (TPSA) is 78.9 Å². The van der Waals surface area contributed by atoms with Crippen molar-refractivity contribution in [1.82, 2.24) is 4.90 Å². The zero-order chi connectivity index (χ0) is 16.0. The van der Waals surface area contributed by atoms with E-state index in [-0.39, 0.29) is 28.4 Å². The smallest absolute Gasteiger partial charge is 0.335 e. The van der Waals surface area contributed by atoms with Crippen molar-refractivity contribution in [2.24, 2.45) is 0 Å². The molecule has 0 aliphatic rings. The first-order chi connectivity index (χ1) is 9.81. The van der Waals surface area contributed by atoms with Gasteiger partial charge in [-0.05, 0) is 32.0 Å². The van der Waals surface area contributed by atoms with Gasteiger partial charge >= 0.3 is 12.0 Å². The first-order valence-corrected chi connectivity index (χ1v) is 6.85.